The Kier molecular flexibility index (Phi) is 5.91. The summed E-state index contributed by atoms with van der Waals surface area (Å²) in [6, 6.07) is 13.6. The number of nitrogens with one attached hydrogen (secondary N) is 1. The molecule has 0 bridgehead atoms. The number of nitrogens with zero attached hydrogens (tertiary/aromatic N) is 1. The van der Waals surface area contributed by atoms with Crippen molar-refractivity contribution in [1.29, 1.82) is 0 Å². The Labute approximate surface area is 161 Å². The van der Waals surface area contributed by atoms with Gasteiger partial charge in [0.05, 0.1) is 0 Å². The third-order valence-electron chi connectivity index (χ3n) is 3.82. The van der Waals surface area contributed by atoms with E-state index in [-0.39, 0.29) is 12.5 Å². The van der Waals surface area contributed by atoms with Crippen LogP contribution in [0.1, 0.15) is 21.6 Å². The standard InChI is InChI=1S/C20H19ClN2O2S/c1-13-7-8-14(2)18(9-13)25-12-19(24)23-20-22-11-16(26-20)10-15-5-3-4-6-17(15)21/h3-9,11H,10,12H2,1-2H3,(H,22,23,24). The van der Waals surface area contributed by atoms with Crippen LogP contribution in [-0.4, -0.2) is 17.5 Å². The fourth-order valence-electron chi connectivity index (χ4n) is 2.44. The zero-order valence-corrected chi connectivity index (χ0v) is 16.2. The van der Waals surface area contributed by atoms with Crippen LogP contribution in [-0.2, 0) is 11.2 Å². The molecule has 0 aliphatic carbocycles. The molecule has 0 aliphatic rings. The number of hydrogen-bond acceptors (Lipinski definition) is 4. The molecule has 6 heteroatoms. The number of rotatable bonds is 6. The minimum Gasteiger partial charge on any atom is -0.483 e. The summed E-state index contributed by atoms with van der Waals surface area (Å²) in [5.41, 5.74) is 3.13. The number of thiazole rings is 1. The molecule has 0 radical (unpaired) electrons. The highest BCUT2D eigenvalue weighted by Gasteiger charge is 2.10. The van der Waals surface area contributed by atoms with Crippen LogP contribution in [0.15, 0.2) is 48.7 Å². The summed E-state index contributed by atoms with van der Waals surface area (Å²) in [4.78, 5) is 17.4. The number of carbonyl (C=O) groups excluding carboxylic acids is 1. The quantitative estimate of drug-likeness (QED) is 0.647. The predicted molar refractivity (Wildman–Crippen MR) is 106 cm³/mol. The van der Waals surface area contributed by atoms with Crippen molar-refractivity contribution < 1.29 is 9.53 Å². The minimum absolute atomic E-state index is 0.0519. The Morgan fingerprint density at radius 1 is 1.23 bits per heavy atom. The van der Waals surface area contributed by atoms with E-state index in [9.17, 15) is 4.79 Å². The van der Waals surface area contributed by atoms with Gasteiger partial charge in [-0.2, -0.15) is 0 Å². The molecule has 1 aromatic heterocycles. The second-order valence-corrected chi connectivity index (χ2v) is 7.53. The molecule has 0 atom stereocenters. The van der Waals surface area contributed by atoms with Crippen molar-refractivity contribution in [3.63, 3.8) is 0 Å². The van der Waals surface area contributed by atoms with E-state index >= 15 is 0 Å². The first-order valence-corrected chi connectivity index (χ1v) is 9.39. The molecular weight excluding hydrogens is 368 g/mol. The number of benzene rings is 2. The van der Waals surface area contributed by atoms with Gasteiger partial charge in [-0.1, -0.05) is 41.9 Å². The van der Waals surface area contributed by atoms with Gasteiger partial charge in [-0.15, -0.1) is 11.3 Å². The third kappa shape index (κ3) is 4.84. The highest BCUT2D eigenvalue weighted by Crippen LogP contribution is 2.25. The summed E-state index contributed by atoms with van der Waals surface area (Å²) in [6.07, 6.45) is 2.45. The van der Waals surface area contributed by atoms with Gasteiger partial charge in [0.1, 0.15) is 5.75 Å². The van der Waals surface area contributed by atoms with Crippen molar-refractivity contribution in [3.05, 3.63) is 75.3 Å². The Morgan fingerprint density at radius 3 is 2.85 bits per heavy atom. The number of aromatic nitrogens is 1. The summed E-state index contributed by atoms with van der Waals surface area (Å²) in [7, 11) is 0. The first-order chi connectivity index (χ1) is 12.5. The first-order valence-electron chi connectivity index (χ1n) is 8.19. The minimum atomic E-state index is -0.232. The largest absolute Gasteiger partial charge is 0.483 e. The van der Waals surface area contributed by atoms with Crippen LogP contribution in [0.25, 0.3) is 0 Å². The van der Waals surface area contributed by atoms with Gasteiger partial charge in [-0.3, -0.25) is 10.1 Å². The number of carbonyl (C=O) groups is 1. The topological polar surface area (TPSA) is 51.2 Å². The molecule has 26 heavy (non-hydrogen) atoms. The first kappa shape index (κ1) is 18.4. The van der Waals surface area contributed by atoms with Crippen LogP contribution >= 0.6 is 22.9 Å². The monoisotopic (exact) mass is 386 g/mol. The second kappa shape index (κ2) is 8.34. The number of amides is 1. The third-order valence-corrected chi connectivity index (χ3v) is 5.11. The lowest BCUT2D eigenvalue weighted by atomic mass is 10.1. The van der Waals surface area contributed by atoms with Gasteiger partial charge >= 0.3 is 0 Å². The highest BCUT2D eigenvalue weighted by atomic mass is 35.5. The molecule has 3 aromatic rings. The van der Waals surface area contributed by atoms with Gasteiger partial charge in [-0.05, 0) is 42.7 Å². The van der Waals surface area contributed by atoms with Gasteiger partial charge in [-0.25, -0.2) is 4.98 Å². The molecule has 0 unspecified atom stereocenters. The summed E-state index contributed by atoms with van der Waals surface area (Å²) in [5, 5.41) is 4.06. The fourth-order valence-corrected chi connectivity index (χ4v) is 3.49. The molecule has 4 nitrogen and oxygen atoms in total. The maximum Gasteiger partial charge on any atom is 0.264 e. The van der Waals surface area contributed by atoms with Crippen molar-refractivity contribution >= 4 is 34.0 Å². The van der Waals surface area contributed by atoms with E-state index in [1.165, 1.54) is 11.3 Å². The van der Waals surface area contributed by atoms with Gasteiger partial charge in [0, 0.05) is 22.5 Å². The Balaban J connectivity index is 1.56. The Hall–Kier alpha value is -2.37. The number of halogens is 1. The zero-order valence-electron chi connectivity index (χ0n) is 14.6. The number of anilines is 1. The van der Waals surface area contributed by atoms with Crippen molar-refractivity contribution in [2.24, 2.45) is 0 Å². The van der Waals surface area contributed by atoms with Gasteiger partial charge < -0.3 is 4.74 Å². The number of ether oxygens (including phenoxy) is 1. The molecule has 0 saturated carbocycles. The number of hydrogen-bond donors (Lipinski definition) is 1. The molecule has 134 valence electrons. The van der Waals surface area contributed by atoms with Crippen LogP contribution in [0.5, 0.6) is 5.75 Å². The Bertz CT molecular complexity index is 924. The van der Waals surface area contributed by atoms with Crippen molar-refractivity contribution in [2.45, 2.75) is 20.3 Å². The van der Waals surface area contributed by atoms with Crippen molar-refractivity contribution in [2.75, 3.05) is 11.9 Å². The average Bonchev–Trinajstić information content (AvgIpc) is 3.04. The van der Waals surface area contributed by atoms with E-state index in [2.05, 4.69) is 10.3 Å². The van der Waals surface area contributed by atoms with Crippen LogP contribution in [0.3, 0.4) is 0 Å². The molecule has 0 fully saturated rings. The lowest BCUT2D eigenvalue weighted by Crippen LogP contribution is -2.20. The zero-order chi connectivity index (χ0) is 18.5. The van der Waals surface area contributed by atoms with E-state index in [0.717, 1.165) is 32.3 Å². The van der Waals surface area contributed by atoms with E-state index in [1.807, 2.05) is 56.3 Å². The smallest absolute Gasteiger partial charge is 0.264 e. The molecule has 0 aliphatic heterocycles. The predicted octanol–water partition coefficient (Wildman–Crippen LogP) is 5.02. The van der Waals surface area contributed by atoms with Crippen molar-refractivity contribution in [3.8, 4) is 5.75 Å². The van der Waals surface area contributed by atoms with Crippen LogP contribution in [0.4, 0.5) is 5.13 Å². The van der Waals surface area contributed by atoms with E-state index < -0.39 is 0 Å². The molecule has 1 heterocycles. The average molecular weight is 387 g/mol. The van der Waals surface area contributed by atoms with Gasteiger partial charge in [0.25, 0.3) is 5.91 Å². The van der Waals surface area contributed by atoms with Crippen LogP contribution < -0.4 is 10.1 Å². The van der Waals surface area contributed by atoms with Crippen LogP contribution in [0.2, 0.25) is 5.02 Å². The molecule has 0 saturated heterocycles. The number of aryl methyl sites for hydroxylation is 2. The molecule has 0 spiro atoms. The lowest BCUT2D eigenvalue weighted by Gasteiger charge is -2.09. The summed E-state index contributed by atoms with van der Waals surface area (Å²) in [6.45, 7) is 3.89. The normalized spacial score (nSPS) is 10.6. The van der Waals surface area contributed by atoms with E-state index in [1.54, 1.807) is 6.20 Å². The SMILES string of the molecule is Cc1ccc(C)c(OCC(=O)Nc2ncc(Cc3ccccc3Cl)s2)c1. The fraction of sp³-hybridized carbons (Fsp3) is 0.200. The molecule has 1 amide bonds. The molecular formula is C20H19ClN2O2S. The van der Waals surface area contributed by atoms with E-state index in [0.29, 0.717) is 11.6 Å². The van der Waals surface area contributed by atoms with E-state index in [4.69, 9.17) is 16.3 Å². The van der Waals surface area contributed by atoms with Gasteiger partial charge in [0.2, 0.25) is 0 Å². The molecule has 3 rings (SSSR count). The van der Waals surface area contributed by atoms with Crippen LogP contribution in [0, 0.1) is 13.8 Å². The molecule has 2 aromatic carbocycles. The summed E-state index contributed by atoms with van der Waals surface area (Å²) in [5.74, 6) is 0.489. The maximum atomic E-state index is 12.1. The lowest BCUT2D eigenvalue weighted by molar-refractivity contribution is -0.118. The van der Waals surface area contributed by atoms with Gasteiger partial charge in [0.15, 0.2) is 11.7 Å². The molecule has 1 N–H and O–H groups in total. The Morgan fingerprint density at radius 2 is 2.04 bits per heavy atom. The maximum absolute atomic E-state index is 12.1. The second-order valence-electron chi connectivity index (χ2n) is 6.01. The van der Waals surface area contributed by atoms with Crippen molar-refractivity contribution in [1.82, 2.24) is 4.98 Å². The summed E-state index contributed by atoms with van der Waals surface area (Å²) < 4.78 is 5.62. The highest BCUT2D eigenvalue weighted by molar-refractivity contribution is 7.15. The summed E-state index contributed by atoms with van der Waals surface area (Å²) >= 11 is 7.62.